The van der Waals surface area contributed by atoms with Gasteiger partial charge in [0.05, 0.1) is 4.90 Å². The molecule has 30 heavy (non-hydrogen) atoms. The number of hydrogen-bond acceptors (Lipinski definition) is 6. The van der Waals surface area contributed by atoms with Crippen molar-refractivity contribution in [1.29, 1.82) is 0 Å². The maximum atomic E-state index is 12.7. The summed E-state index contributed by atoms with van der Waals surface area (Å²) in [6, 6.07) is 5.23. The lowest BCUT2D eigenvalue weighted by Gasteiger charge is -2.17. The van der Waals surface area contributed by atoms with Crippen molar-refractivity contribution in [3.8, 4) is 0 Å². The summed E-state index contributed by atoms with van der Waals surface area (Å²) < 4.78 is 32.4. The van der Waals surface area contributed by atoms with Gasteiger partial charge in [-0.2, -0.15) is 0 Å². The molecule has 1 heterocycles. The zero-order chi connectivity index (χ0) is 21.0. The number of sulfonamides is 1. The second kappa shape index (κ2) is 7.09. The smallest absolute Gasteiger partial charge is 0.423 e. The first-order chi connectivity index (χ1) is 14.3. The average molecular weight is 428 g/mol. The standard InChI is InChI=1S/C20H21BN2O6S/c24-19-16-10-13(7-8-17(16)21(26)29-19)30(27,28)23-20(25)22-18-14-5-1-3-11(14)9-12-4-2-6-15(12)18/h7-10,19,24,26H,1-6H2,(H2,22,23,25). The molecule has 1 unspecified atom stereocenters. The Labute approximate surface area is 174 Å². The molecule has 10 heteroatoms. The summed E-state index contributed by atoms with van der Waals surface area (Å²) in [6.45, 7) is 0. The van der Waals surface area contributed by atoms with Crippen molar-refractivity contribution in [1.82, 2.24) is 4.72 Å². The predicted octanol–water partition coefficient (Wildman–Crippen LogP) is 0.883. The lowest BCUT2D eigenvalue weighted by atomic mass is 9.80. The van der Waals surface area contributed by atoms with E-state index in [9.17, 15) is 23.3 Å². The average Bonchev–Trinajstić information content (AvgIpc) is 3.41. The summed E-state index contributed by atoms with van der Waals surface area (Å²) in [4.78, 5) is 12.4. The molecule has 5 rings (SSSR count). The first-order valence-corrected chi connectivity index (χ1v) is 11.5. The van der Waals surface area contributed by atoms with Gasteiger partial charge < -0.3 is 20.1 Å². The normalized spacial score (nSPS) is 19.4. The Morgan fingerprint density at radius 1 is 1.07 bits per heavy atom. The number of benzene rings is 2. The van der Waals surface area contributed by atoms with Crippen molar-refractivity contribution in [2.45, 2.75) is 49.7 Å². The lowest BCUT2D eigenvalue weighted by molar-refractivity contribution is -0.0220. The number of rotatable bonds is 3. The van der Waals surface area contributed by atoms with E-state index >= 15 is 0 Å². The highest BCUT2D eigenvalue weighted by molar-refractivity contribution is 7.90. The number of nitrogens with one attached hydrogen (secondary N) is 2. The summed E-state index contributed by atoms with van der Waals surface area (Å²) in [5, 5.41) is 22.3. The maximum Gasteiger partial charge on any atom is 0.493 e. The van der Waals surface area contributed by atoms with Crippen molar-refractivity contribution < 1.29 is 28.0 Å². The summed E-state index contributed by atoms with van der Waals surface area (Å²) in [6.07, 6.45) is 4.32. The number of carbonyl (C=O) groups excluding carboxylic acids is 1. The molecule has 3 aliphatic rings. The van der Waals surface area contributed by atoms with E-state index in [1.807, 2.05) is 0 Å². The molecule has 2 aromatic rings. The first kappa shape index (κ1) is 19.6. The second-order valence-corrected chi connectivity index (χ2v) is 9.61. The molecule has 156 valence electrons. The Bertz CT molecular complexity index is 1130. The number of carbonyl (C=O) groups is 1. The van der Waals surface area contributed by atoms with Crippen LogP contribution in [0.1, 0.15) is 46.9 Å². The van der Waals surface area contributed by atoms with Crippen LogP contribution in [0.25, 0.3) is 0 Å². The number of aliphatic hydroxyl groups excluding tert-OH is 1. The van der Waals surface area contributed by atoms with E-state index in [-0.39, 0.29) is 10.5 Å². The van der Waals surface area contributed by atoms with E-state index in [1.54, 1.807) is 0 Å². The van der Waals surface area contributed by atoms with E-state index in [0.717, 1.165) is 55.3 Å². The van der Waals surface area contributed by atoms with Crippen molar-refractivity contribution in [2.24, 2.45) is 0 Å². The van der Waals surface area contributed by atoms with Gasteiger partial charge in [0, 0.05) is 11.3 Å². The van der Waals surface area contributed by atoms with E-state index in [4.69, 9.17) is 4.65 Å². The zero-order valence-corrected chi connectivity index (χ0v) is 17.0. The van der Waals surface area contributed by atoms with Crippen molar-refractivity contribution in [3.63, 3.8) is 0 Å². The van der Waals surface area contributed by atoms with Gasteiger partial charge in [-0.05, 0) is 78.4 Å². The zero-order valence-electron chi connectivity index (χ0n) is 16.1. The van der Waals surface area contributed by atoms with Crippen molar-refractivity contribution in [2.75, 3.05) is 5.32 Å². The van der Waals surface area contributed by atoms with Crippen molar-refractivity contribution >= 4 is 34.3 Å². The predicted molar refractivity (Wildman–Crippen MR) is 110 cm³/mol. The fourth-order valence-electron chi connectivity index (χ4n) is 4.71. The highest BCUT2D eigenvalue weighted by atomic mass is 32.2. The van der Waals surface area contributed by atoms with Gasteiger partial charge in [-0.15, -0.1) is 0 Å². The molecule has 0 radical (unpaired) electrons. The molecule has 0 bridgehead atoms. The van der Waals surface area contributed by atoms with Crippen LogP contribution in [-0.4, -0.2) is 31.7 Å². The van der Waals surface area contributed by atoms with Crippen LogP contribution >= 0.6 is 0 Å². The molecule has 0 aromatic heterocycles. The summed E-state index contributed by atoms with van der Waals surface area (Å²) in [5.41, 5.74) is 5.89. The Hall–Kier alpha value is -2.40. The fourth-order valence-corrected chi connectivity index (χ4v) is 5.66. The molecule has 1 atom stereocenters. The molecule has 0 fully saturated rings. The Morgan fingerprint density at radius 3 is 2.40 bits per heavy atom. The molecule has 0 saturated heterocycles. The van der Waals surface area contributed by atoms with E-state index in [2.05, 4.69) is 16.1 Å². The van der Waals surface area contributed by atoms with Gasteiger partial charge in [-0.25, -0.2) is 17.9 Å². The van der Waals surface area contributed by atoms with Gasteiger partial charge in [-0.1, -0.05) is 12.1 Å². The van der Waals surface area contributed by atoms with Crippen LogP contribution in [0.3, 0.4) is 0 Å². The van der Waals surface area contributed by atoms with E-state index < -0.39 is 29.5 Å². The van der Waals surface area contributed by atoms with Gasteiger partial charge in [0.15, 0.2) is 6.29 Å². The largest absolute Gasteiger partial charge is 0.493 e. The number of aryl methyl sites for hydroxylation is 2. The second-order valence-electron chi connectivity index (χ2n) is 7.93. The van der Waals surface area contributed by atoms with E-state index in [0.29, 0.717) is 5.46 Å². The molecule has 4 N–H and O–H groups in total. The molecule has 1 aliphatic heterocycles. The van der Waals surface area contributed by atoms with Crippen molar-refractivity contribution in [3.05, 3.63) is 52.1 Å². The van der Waals surface area contributed by atoms with Crippen LogP contribution in [0.2, 0.25) is 0 Å². The topological polar surface area (TPSA) is 125 Å². The minimum absolute atomic E-state index is 0.157. The van der Waals surface area contributed by atoms with Gasteiger partial charge in [0.2, 0.25) is 0 Å². The molecule has 2 aromatic carbocycles. The summed E-state index contributed by atoms with van der Waals surface area (Å²) in [5.74, 6) is 0. The van der Waals surface area contributed by atoms with Crippen LogP contribution in [0.5, 0.6) is 0 Å². The Morgan fingerprint density at radius 2 is 1.73 bits per heavy atom. The van der Waals surface area contributed by atoms with Gasteiger partial charge >= 0.3 is 13.1 Å². The minimum atomic E-state index is -4.18. The number of anilines is 1. The summed E-state index contributed by atoms with van der Waals surface area (Å²) in [7, 11) is -5.50. The molecule has 2 amide bonds. The monoisotopic (exact) mass is 428 g/mol. The third-order valence-electron chi connectivity index (χ3n) is 6.10. The molecule has 0 spiro atoms. The molecule has 0 saturated carbocycles. The third kappa shape index (κ3) is 3.20. The fraction of sp³-hybridized carbons (Fsp3) is 0.350. The Balaban J connectivity index is 1.40. The van der Waals surface area contributed by atoms with Crippen LogP contribution in [-0.2, 0) is 40.4 Å². The van der Waals surface area contributed by atoms with Gasteiger partial charge in [0.1, 0.15) is 0 Å². The van der Waals surface area contributed by atoms with E-state index in [1.165, 1.54) is 29.3 Å². The highest BCUT2D eigenvalue weighted by Gasteiger charge is 2.35. The summed E-state index contributed by atoms with van der Waals surface area (Å²) >= 11 is 0. The first-order valence-electron chi connectivity index (χ1n) is 9.99. The molecule has 8 nitrogen and oxygen atoms in total. The lowest BCUT2D eigenvalue weighted by Crippen LogP contribution is -2.35. The maximum absolute atomic E-state index is 12.7. The van der Waals surface area contributed by atoms with Crippen LogP contribution in [0.15, 0.2) is 29.2 Å². The van der Waals surface area contributed by atoms with Crippen LogP contribution < -0.4 is 15.5 Å². The van der Waals surface area contributed by atoms with Crippen LogP contribution in [0, 0.1) is 0 Å². The molecule has 2 aliphatic carbocycles. The highest BCUT2D eigenvalue weighted by Crippen LogP contribution is 2.38. The number of hydrogen-bond donors (Lipinski definition) is 4. The third-order valence-corrected chi connectivity index (χ3v) is 7.43. The Kier molecular flexibility index (Phi) is 4.62. The number of aliphatic hydroxyl groups is 1. The quantitative estimate of drug-likeness (QED) is 0.538. The SMILES string of the molecule is O=C(Nc1c2c(cc3c1CCC3)CCC2)NS(=O)(=O)c1ccc2c(c1)C(O)OB2O. The van der Waals surface area contributed by atoms with Crippen LogP contribution in [0.4, 0.5) is 10.5 Å². The number of amides is 2. The number of urea groups is 1. The van der Waals surface area contributed by atoms with Gasteiger partial charge in [0.25, 0.3) is 10.0 Å². The minimum Gasteiger partial charge on any atom is -0.423 e. The number of fused-ring (bicyclic) bond motifs is 3. The molecular weight excluding hydrogens is 407 g/mol. The molecular formula is C20H21BN2O6S. The van der Waals surface area contributed by atoms with Gasteiger partial charge in [-0.3, -0.25) is 0 Å².